The number of amides is 1. The third-order valence-corrected chi connectivity index (χ3v) is 2.99. The fourth-order valence-electron chi connectivity index (χ4n) is 1.75. The quantitative estimate of drug-likeness (QED) is 0.648. The van der Waals surface area contributed by atoms with Gasteiger partial charge in [-0.1, -0.05) is 0 Å². The molecule has 0 aromatic carbocycles. The van der Waals surface area contributed by atoms with E-state index in [4.69, 9.17) is 0 Å². The van der Waals surface area contributed by atoms with Crippen LogP contribution in [0.15, 0.2) is 0 Å². The lowest BCUT2D eigenvalue weighted by atomic mass is 9.98. The molecule has 0 aliphatic carbocycles. The number of likely N-dealkylation sites (tertiary alicyclic amines) is 1. The highest BCUT2D eigenvalue weighted by Gasteiger charge is 2.42. The van der Waals surface area contributed by atoms with Crippen molar-refractivity contribution in [1.29, 1.82) is 0 Å². The summed E-state index contributed by atoms with van der Waals surface area (Å²) in [5.74, 6) is 0.665. The summed E-state index contributed by atoms with van der Waals surface area (Å²) < 4.78 is 0. The Morgan fingerprint density at radius 3 is 2.69 bits per heavy atom. The molecule has 0 saturated carbocycles. The summed E-state index contributed by atoms with van der Waals surface area (Å²) >= 11 is 4.02. The highest BCUT2D eigenvalue weighted by molar-refractivity contribution is 7.80. The number of hydrogen-bond acceptors (Lipinski definition) is 3. The summed E-state index contributed by atoms with van der Waals surface area (Å²) in [5.41, 5.74) is -0.403. The van der Waals surface area contributed by atoms with Crippen LogP contribution >= 0.6 is 12.6 Å². The Bertz CT molecular complexity index is 206. The maximum atomic E-state index is 11.6. The van der Waals surface area contributed by atoms with E-state index in [1.54, 1.807) is 4.90 Å². The Hall–Kier alpha value is -0.220. The van der Waals surface area contributed by atoms with Crippen LogP contribution in [0, 0.1) is 0 Å². The van der Waals surface area contributed by atoms with E-state index in [1.807, 2.05) is 13.8 Å². The number of rotatable bonds is 2. The van der Waals surface area contributed by atoms with Gasteiger partial charge >= 0.3 is 0 Å². The van der Waals surface area contributed by atoms with Crippen molar-refractivity contribution in [2.75, 3.05) is 12.3 Å². The third kappa shape index (κ3) is 1.99. The molecule has 1 saturated heterocycles. The molecule has 0 radical (unpaired) electrons. The third-order valence-electron chi connectivity index (χ3n) is 2.76. The molecule has 76 valence electrons. The monoisotopic (exact) mass is 203 g/mol. The molecule has 1 aliphatic rings. The van der Waals surface area contributed by atoms with Gasteiger partial charge in [-0.25, -0.2) is 0 Å². The molecule has 1 atom stereocenters. The highest BCUT2D eigenvalue weighted by atomic mass is 32.1. The van der Waals surface area contributed by atoms with Crippen LogP contribution < -0.4 is 0 Å². The zero-order valence-corrected chi connectivity index (χ0v) is 9.05. The molecule has 0 aromatic heterocycles. The number of thiol groups is 1. The number of aliphatic hydroxyl groups excluding tert-OH is 1. The standard InChI is InChI=1S/C9H17NO2S/c1-9(2)7(11)3-5-10(9)8(12)4-6-13/h7,11,13H,3-6H2,1-2H3. The van der Waals surface area contributed by atoms with Gasteiger partial charge in [-0.2, -0.15) is 12.6 Å². The minimum absolute atomic E-state index is 0.0940. The van der Waals surface area contributed by atoms with Gasteiger partial charge in [-0.05, 0) is 26.0 Å². The fourth-order valence-corrected chi connectivity index (χ4v) is 1.94. The van der Waals surface area contributed by atoms with Crippen molar-refractivity contribution in [1.82, 2.24) is 4.90 Å². The lowest BCUT2D eigenvalue weighted by molar-refractivity contribution is -0.135. The molecule has 0 spiro atoms. The first-order chi connectivity index (χ1) is 6.00. The maximum Gasteiger partial charge on any atom is 0.223 e. The second-order valence-corrected chi connectivity index (χ2v) is 4.42. The molecule has 1 aliphatic heterocycles. The van der Waals surface area contributed by atoms with Gasteiger partial charge in [0, 0.05) is 13.0 Å². The summed E-state index contributed by atoms with van der Waals surface area (Å²) in [7, 11) is 0. The first kappa shape index (κ1) is 10.9. The number of nitrogens with zero attached hydrogens (tertiary/aromatic N) is 1. The predicted octanol–water partition coefficient (Wildman–Crippen LogP) is 0.678. The number of aliphatic hydroxyl groups is 1. The van der Waals surface area contributed by atoms with Crippen molar-refractivity contribution >= 4 is 18.5 Å². The second-order valence-electron chi connectivity index (χ2n) is 3.98. The summed E-state index contributed by atoms with van der Waals surface area (Å²) in [6, 6.07) is 0. The molecule has 13 heavy (non-hydrogen) atoms. The van der Waals surface area contributed by atoms with Crippen molar-refractivity contribution < 1.29 is 9.90 Å². The summed E-state index contributed by atoms with van der Waals surface area (Å²) in [6.45, 7) is 4.48. The Balaban J connectivity index is 2.66. The average molecular weight is 203 g/mol. The number of hydrogen-bond donors (Lipinski definition) is 2. The molecule has 1 N–H and O–H groups in total. The lowest BCUT2D eigenvalue weighted by Crippen LogP contribution is -2.48. The van der Waals surface area contributed by atoms with Crippen LogP contribution in [-0.2, 0) is 4.79 Å². The molecule has 1 fully saturated rings. The Morgan fingerprint density at radius 2 is 2.31 bits per heavy atom. The van der Waals surface area contributed by atoms with E-state index in [-0.39, 0.29) is 5.91 Å². The van der Waals surface area contributed by atoms with E-state index >= 15 is 0 Å². The van der Waals surface area contributed by atoms with E-state index in [9.17, 15) is 9.90 Å². The minimum atomic E-state index is -0.403. The van der Waals surface area contributed by atoms with Gasteiger partial charge in [0.2, 0.25) is 5.91 Å². The van der Waals surface area contributed by atoms with Crippen molar-refractivity contribution in [2.45, 2.75) is 38.3 Å². The van der Waals surface area contributed by atoms with E-state index in [0.717, 1.165) is 0 Å². The zero-order valence-electron chi connectivity index (χ0n) is 8.16. The largest absolute Gasteiger partial charge is 0.391 e. The molecule has 0 aromatic rings. The normalized spacial score (nSPS) is 26.5. The van der Waals surface area contributed by atoms with E-state index in [1.165, 1.54) is 0 Å². The number of carbonyl (C=O) groups excluding carboxylic acids is 1. The molecule has 1 heterocycles. The topological polar surface area (TPSA) is 40.5 Å². The molecule has 1 rings (SSSR count). The molecule has 1 unspecified atom stereocenters. The Labute approximate surface area is 84.5 Å². The zero-order chi connectivity index (χ0) is 10.1. The molecular weight excluding hydrogens is 186 g/mol. The van der Waals surface area contributed by atoms with Crippen LogP contribution in [-0.4, -0.2) is 39.9 Å². The molecular formula is C9H17NO2S. The minimum Gasteiger partial charge on any atom is -0.391 e. The van der Waals surface area contributed by atoms with Crippen molar-refractivity contribution in [3.05, 3.63) is 0 Å². The molecule has 3 nitrogen and oxygen atoms in total. The molecule has 1 amide bonds. The molecule has 4 heteroatoms. The number of carbonyl (C=O) groups is 1. The maximum absolute atomic E-state index is 11.6. The van der Waals surface area contributed by atoms with Gasteiger partial charge in [0.1, 0.15) is 0 Å². The van der Waals surface area contributed by atoms with Gasteiger partial charge < -0.3 is 10.0 Å². The van der Waals surface area contributed by atoms with Crippen molar-refractivity contribution in [2.24, 2.45) is 0 Å². The van der Waals surface area contributed by atoms with Crippen LogP contribution in [0.4, 0.5) is 0 Å². The van der Waals surface area contributed by atoms with E-state index in [2.05, 4.69) is 12.6 Å². The average Bonchev–Trinajstić information content (AvgIpc) is 2.28. The second kappa shape index (κ2) is 3.88. The van der Waals surface area contributed by atoms with Crippen LogP contribution in [0.5, 0.6) is 0 Å². The smallest absolute Gasteiger partial charge is 0.223 e. The van der Waals surface area contributed by atoms with Gasteiger partial charge in [0.15, 0.2) is 0 Å². The van der Waals surface area contributed by atoms with Gasteiger partial charge in [0.05, 0.1) is 11.6 Å². The molecule has 0 bridgehead atoms. The summed E-state index contributed by atoms with van der Waals surface area (Å²) in [6.07, 6.45) is 0.751. The summed E-state index contributed by atoms with van der Waals surface area (Å²) in [4.78, 5) is 13.3. The van der Waals surface area contributed by atoms with Crippen LogP contribution in [0.2, 0.25) is 0 Å². The Kier molecular flexibility index (Phi) is 3.24. The van der Waals surface area contributed by atoms with Crippen molar-refractivity contribution in [3.63, 3.8) is 0 Å². The van der Waals surface area contributed by atoms with Gasteiger partial charge in [-0.15, -0.1) is 0 Å². The predicted molar refractivity (Wildman–Crippen MR) is 54.9 cm³/mol. The van der Waals surface area contributed by atoms with Crippen LogP contribution in [0.25, 0.3) is 0 Å². The van der Waals surface area contributed by atoms with E-state index < -0.39 is 11.6 Å². The summed E-state index contributed by atoms with van der Waals surface area (Å²) in [5, 5.41) is 9.63. The lowest BCUT2D eigenvalue weighted by Gasteiger charge is -2.33. The SMILES string of the molecule is CC1(C)C(O)CCN1C(=O)CCS. The highest BCUT2D eigenvalue weighted by Crippen LogP contribution is 2.29. The van der Waals surface area contributed by atoms with Gasteiger partial charge in [-0.3, -0.25) is 4.79 Å². The van der Waals surface area contributed by atoms with Crippen LogP contribution in [0.1, 0.15) is 26.7 Å². The van der Waals surface area contributed by atoms with Gasteiger partial charge in [0.25, 0.3) is 0 Å². The van der Waals surface area contributed by atoms with Crippen molar-refractivity contribution in [3.8, 4) is 0 Å². The first-order valence-electron chi connectivity index (χ1n) is 4.59. The Morgan fingerprint density at radius 1 is 1.69 bits per heavy atom. The fraction of sp³-hybridized carbons (Fsp3) is 0.889. The van der Waals surface area contributed by atoms with Crippen LogP contribution in [0.3, 0.4) is 0 Å². The first-order valence-corrected chi connectivity index (χ1v) is 5.22. The van der Waals surface area contributed by atoms with E-state index in [0.29, 0.717) is 25.1 Å².